The minimum atomic E-state index is -4.69. The molecule has 39 heavy (non-hydrogen) atoms. The quantitative estimate of drug-likeness (QED) is 0.400. The van der Waals surface area contributed by atoms with Gasteiger partial charge in [0.2, 0.25) is 5.95 Å². The number of halogens is 3. The predicted octanol–water partition coefficient (Wildman–Crippen LogP) is 5.99. The molecule has 0 spiro atoms. The van der Waals surface area contributed by atoms with Crippen molar-refractivity contribution in [3.05, 3.63) is 70.4 Å². The van der Waals surface area contributed by atoms with Crippen LogP contribution in [0.3, 0.4) is 0 Å². The number of nitrogens with one attached hydrogen (secondary N) is 1. The van der Waals surface area contributed by atoms with Gasteiger partial charge in [0.15, 0.2) is 5.82 Å². The summed E-state index contributed by atoms with van der Waals surface area (Å²) in [6, 6.07) is 11.1. The molecule has 7 nitrogen and oxygen atoms in total. The van der Waals surface area contributed by atoms with Crippen LogP contribution in [0.25, 0.3) is 0 Å². The number of anilines is 4. The summed E-state index contributed by atoms with van der Waals surface area (Å²) in [5, 5.41) is 12.7. The SMILES string of the molecule is CN1CCc2c(cc(Nc3ncc(C(F)(F)F)c(N4CC(C)(CC(=O)O)c5ccccc54)n3)cc2C2CC2)C1. The number of para-hydroxylation sites is 1. The van der Waals surface area contributed by atoms with Crippen molar-refractivity contribution >= 4 is 29.1 Å². The topological polar surface area (TPSA) is 81.6 Å². The molecular weight excluding hydrogens is 507 g/mol. The molecule has 0 radical (unpaired) electrons. The first-order chi connectivity index (χ1) is 18.5. The fraction of sp³-hybridized carbons (Fsp3) is 0.414. The minimum absolute atomic E-state index is 0.0508. The number of alkyl halides is 3. The first-order valence-corrected chi connectivity index (χ1v) is 13.2. The number of fused-ring (bicyclic) bond motifs is 2. The molecule has 3 aromatic rings. The van der Waals surface area contributed by atoms with Crippen molar-refractivity contribution in [1.82, 2.24) is 14.9 Å². The van der Waals surface area contributed by atoms with E-state index in [4.69, 9.17) is 0 Å². The fourth-order valence-electron chi connectivity index (χ4n) is 6.09. The van der Waals surface area contributed by atoms with Gasteiger partial charge in [0.1, 0.15) is 5.56 Å². The maximum atomic E-state index is 14.2. The Balaban J connectivity index is 1.41. The van der Waals surface area contributed by atoms with Crippen LogP contribution in [0, 0.1) is 0 Å². The summed E-state index contributed by atoms with van der Waals surface area (Å²) in [6.45, 7) is 3.63. The van der Waals surface area contributed by atoms with E-state index in [0.717, 1.165) is 44.2 Å². The summed E-state index contributed by atoms with van der Waals surface area (Å²) in [4.78, 5) is 23.9. The van der Waals surface area contributed by atoms with Gasteiger partial charge in [-0.05, 0) is 72.7 Å². The van der Waals surface area contributed by atoms with Gasteiger partial charge in [-0.3, -0.25) is 4.79 Å². The Bertz CT molecular complexity index is 1460. The van der Waals surface area contributed by atoms with Crippen LogP contribution in [0.4, 0.5) is 36.3 Å². The van der Waals surface area contributed by atoms with Gasteiger partial charge in [-0.2, -0.15) is 18.2 Å². The molecule has 204 valence electrons. The minimum Gasteiger partial charge on any atom is -0.481 e. The van der Waals surface area contributed by atoms with Gasteiger partial charge in [-0.25, -0.2) is 4.98 Å². The lowest BCUT2D eigenvalue weighted by Gasteiger charge is -2.28. The number of rotatable bonds is 6. The molecule has 0 bridgehead atoms. The summed E-state index contributed by atoms with van der Waals surface area (Å²) in [5.41, 5.74) is 4.04. The number of hydrogen-bond donors (Lipinski definition) is 2. The molecule has 1 fully saturated rings. The Hall–Kier alpha value is -3.66. The molecular formula is C29H30F3N5O2. The molecule has 2 aromatic carbocycles. The molecule has 3 heterocycles. The molecule has 2 N–H and O–H groups in total. The van der Waals surface area contributed by atoms with E-state index in [1.54, 1.807) is 31.2 Å². The highest BCUT2D eigenvalue weighted by atomic mass is 19.4. The van der Waals surface area contributed by atoms with Crippen LogP contribution in [0.5, 0.6) is 0 Å². The van der Waals surface area contributed by atoms with Crippen molar-refractivity contribution in [2.45, 2.75) is 56.7 Å². The van der Waals surface area contributed by atoms with Crippen LogP contribution < -0.4 is 10.2 Å². The summed E-state index contributed by atoms with van der Waals surface area (Å²) in [5.74, 6) is -0.712. The Labute approximate surface area is 224 Å². The van der Waals surface area contributed by atoms with Crippen molar-refractivity contribution in [3.63, 3.8) is 0 Å². The van der Waals surface area contributed by atoms with Crippen LogP contribution in [-0.2, 0) is 29.4 Å². The monoisotopic (exact) mass is 537 g/mol. The smallest absolute Gasteiger partial charge is 0.421 e. The number of carboxylic acids is 1. The molecule has 1 aliphatic carbocycles. The van der Waals surface area contributed by atoms with E-state index in [0.29, 0.717) is 17.2 Å². The fourth-order valence-corrected chi connectivity index (χ4v) is 6.09. The molecule has 1 unspecified atom stereocenters. The van der Waals surface area contributed by atoms with Gasteiger partial charge in [-0.1, -0.05) is 25.1 Å². The van der Waals surface area contributed by atoms with Crippen LogP contribution in [0.2, 0.25) is 0 Å². The summed E-state index contributed by atoms with van der Waals surface area (Å²) in [7, 11) is 2.08. The molecule has 0 saturated heterocycles. The molecule has 1 aromatic heterocycles. The zero-order chi connectivity index (χ0) is 27.5. The van der Waals surface area contributed by atoms with E-state index in [1.165, 1.54) is 21.6 Å². The van der Waals surface area contributed by atoms with E-state index >= 15 is 0 Å². The van der Waals surface area contributed by atoms with Gasteiger partial charge >= 0.3 is 12.1 Å². The number of likely N-dealkylation sites (N-methyl/N-ethyl adjacent to an activating group) is 1. The number of carbonyl (C=O) groups is 1. The number of aromatic nitrogens is 2. The van der Waals surface area contributed by atoms with Crippen molar-refractivity contribution < 1.29 is 23.1 Å². The van der Waals surface area contributed by atoms with E-state index in [2.05, 4.69) is 33.3 Å². The molecule has 0 amide bonds. The largest absolute Gasteiger partial charge is 0.481 e. The second-order valence-electron chi connectivity index (χ2n) is 11.3. The molecule has 1 atom stereocenters. The van der Waals surface area contributed by atoms with Gasteiger partial charge < -0.3 is 20.2 Å². The maximum Gasteiger partial charge on any atom is 0.421 e. The average molecular weight is 538 g/mol. The Morgan fingerprint density at radius 1 is 1.23 bits per heavy atom. The second-order valence-corrected chi connectivity index (χ2v) is 11.3. The molecule has 10 heteroatoms. The third-order valence-electron chi connectivity index (χ3n) is 8.06. The van der Waals surface area contributed by atoms with Gasteiger partial charge in [0.25, 0.3) is 0 Å². The lowest BCUT2D eigenvalue weighted by atomic mass is 9.81. The van der Waals surface area contributed by atoms with Crippen LogP contribution in [0.1, 0.15) is 59.9 Å². The Morgan fingerprint density at radius 3 is 2.72 bits per heavy atom. The van der Waals surface area contributed by atoms with Crippen molar-refractivity contribution in [3.8, 4) is 0 Å². The number of benzene rings is 2. The average Bonchev–Trinajstić information content (AvgIpc) is 3.67. The zero-order valence-corrected chi connectivity index (χ0v) is 21.8. The van der Waals surface area contributed by atoms with Crippen molar-refractivity contribution in [2.24, 2.45) is 0 Å². The van der Waals surface area contributed by atoms with E-state index < -0.39 is 23.1 Å². The summed E-state index contributed by atoms with van der Waals surface area (Å²) in [6.07, 6.45) is -0.807. The van der Waals surface area contributed by atoms with Crippen LogP contribution in [0.15, 0.2) is 42.6 Å². The maximum absolute atomic E-state index is 14.2. The first-order valence-electron chi connectivity index (χ1n) is 13.2. The lowest BCUT2D eigenvalue weighted by Crippen LogP contribution is -2.32. The lowest BCUT2D eigenvalue weighted by molar-refractivity contribution is -0.139. The molecule has 2 aliphatic heterocycles. The third kappa shape index (κ3) is 4.82. The summed E-state index contributed by atoms with van der Waals surface area (Å²) >= 11 is 0. The normalized spacial score (nSPS) is 21.0. The van der Waals surface area contributed by atoms with E-state index in [-0.39, 0.29) is 24.7 Å². The van der Waals surface area contributed by atoms with Crippen molar-refractivity contribution in [2.75, 3.05) is 30.4 Å². The van der Waals surface area contributed by atoms with Crippen LogP contribution >= 0.6 is 0 Å². The van der Waals surface area contributed by atoms with Gasteiger partial charge in [0.05, 0.1) is 6.42 Å². The number of nitrogens with zero attached hydrogens (tertiary/aromatic N) is 4. The molecule has 6 rings (SSSR count). The Morgan fingerprint density at radius 2 is 2.00 bits per heavy atom. The third-order valence-corrected chi connectivity index (χ3v) is 8.06. The number of aliphatic carboxylic acids is 1. The van der Waals surface area contributed by atoms with E-state index in [9.17, 15) is 23.1 Å². The predicted molar refractivity (Wildman–Crippen MR) is 142 cm³/mol. The number of carboxylic acid groups (broad SMARTS) is 1. The van der Waals surface area contributed by atoms with Gasteiger partial charge in [-0.15, -0.1) is 0 Å². The second kappa shape index (κ2) is 9.22. The number of hydrogen-bond acceptors (Lipinski definition) is 6. The highest BCUT2D eigenvalue weighted by Crippen LogP contribution is 2.49. The molecule has 1 saturated carbocycles. The highest BCUT2D eigenvalue weighted by molar-refractivity contribution is 5.77. The van der Waals surface area contributed by atoms with Crippen molar-refractivity contribution in [1.29, 1.82) is 0 Å². The molecule has 3 aliphatic rings. The van der Waals surface area contributed by atoms with Gasteiger partial charge in [0, 0.05) is 42.6 Å². The zero-order valence-electron chi connectivity index (χ0n) is 21.8. The van der Waals surface area contributed by atoms with E-state index in [1.807, 2.05) is 6.07 Å². The standard InChI is InChI=1S/C29H30F3N5O2/c1-28(13-25(38)39)16-37(24-6-4-3-5-22(24)28)26-23(29(30,31)32)14-33-27(35-26)34-19-11-18-15-36(2)10-9-20(18)21(12-19)17-7-8-17/h3-6,11-12,14,17H,7-10,13,15-16H2,1-2H3,(H,38,39)(H,33,34,35). The summed E-state index contributed by atoms with van der Waals surface area (Å²) < 4.78 is 42.6. The van der Waals surface area contributed by atoms with Crippen LogP contribution in [-0.4, -0.2) is 46.1 Å². The highest BCUT2D eigenvalue weighted by Gasteiger charge is 2.45. The first kappa shape index (κ1) is 25.6. The Kier molecular flexibility index (Phi) is 6.05.